The van der Waals surface area contributed by atoms with Gasteiger partial charge in [0.05, 0.1) is 16.1 Å². The molecule has 0 saturated carbocycles. The minimum Gasteiger partial charge on any atom is -0.294 e. The number of carbonyl (C=O) groups is 1. The molecule has 2 aromatic carbocycles. The third-order valence-corrected chi connectivity index (χ3v) is 4.21. The molecule has 2 aromatic rings. The lowest BCUT2D eigenvalue weighted by atomic mass is 9.96. The molecular weight excluding hydrogens is 319 g/mol. The quantitative estimate of drug-likeness (QED) is 0.762. The summed E-state index contributed by atoms with van der Waals surface area (Å²) < 4.78 is 0. The Hall–Kier alpha value is -2.28. The molecule has 1 unspecified atom stereocenters. The highest BCUT2D eigenvalue weighted by atomic mass is 35.5. The zero-order valence-electron chi connectivity index (χ0n) is 11.3. The topological polar surface area (TPSA) is 44.1 Å². The third-order valence-electron chi connectivity index (χ3n) is 3.49. The number of halogens is 2. The van der Waals surface area contributed by atoms with Gasteiger partial charge in [-0.25, -0.2) is 0 Å². The molecule has 0 aromatic heterocycles. The van der Waals surface area contributed by atoms with E-state index >= 15 is 0 Å². The van der Waals surface area contributed by atoms with E-state index in [0.717, 1.165) is 5.56 Å². The van der Waals surface area contributed by atoms with Crippen LogP contribution in [0.2, 0.25) is 10.0 Å². The molecule has 0 radical (unpaired) electrons. The van der Waals surface area contributed by atoms with Crippen LogP contribution in [0.5, 0.6) is 0 Å². The van der Waals surface area contributed by atoms with E-state index in [1.54, 1.807) is 48.7 Å². The van der Waals surface area contributed by atoms with Gasteiger partial charge in [-0.3, -0.25) is 9.69 Å². The smallest absolute Gasteiger partial charge is 0.259 e. The maximum absolute atomic E-state index is 12.6. The van der Waals surface area contributed by atoms with Crippen LogP contribution in [0.3, 0.4) is 0 Å². The number of benzene rings is 2. The van der Waals surface area contributed by atoms with Gasteiger partial charge in [0.1, 0.15) is 6.04 Å². The van der Waals surface area contributed by atoms with Crippen molar-refractivity contribution < 1.29 is 4.79 Å². The van der Waals surface area contributed by atoms with Crippen LogP contribution in [0.1, 0.15) is 27.5 Å². The van der Waals surface area contributed by atoms with Crippen LogP contribution in [0, 0.1) is 11.3 Å². The van der Waals surface area contributed by atoms with Gasteiger partial charge in [-0.15, -0.1) is 0 Å². The average Bonchev–Trinajstić information content (AvgIpc) is 2.55. The fourth-order valence-corrected chi connectivity index (χ4v) is 2.75. The summed E-state index contributed by atoms with van der Waals surface area (Å²) in [5, 5.41) is 10.3. The van der Waals surface area contributed by atoms with E-state index in [4.69, 9.17) is 23.2 Å². The first kappa shape index (κ1) is 14.6. The van der Waals surface area contributed by atoms with Gasteiger partial charge in [-0.05, 0) is 41.5 Å². The molecule has 0 saturated heterocycles. The zero-order chi connectivity index (χ0) is 15.7. The first-order valence-electron chi connectivity index (χ1n) is 6.56. The molecule has 22 heavy (non-hydrogen) atoms. The summed E-state index contributed by atoms with van der Waals surface area (Å²) in [6.45, 7) is 0. The lowest BCUT2D eigenvalue weighted by molar-refractivity contribution is 0.0794. The van der Waals surface area contributed by atoms with Crippen LogP contribution in [0.4, 0.5) is 0 Å². The number of hydrogen-bond acceptors (Lipinski definition) is 2. The number of nitrogens with zero attached hydrogens (tertiary/aromatic N) is 2. The number of nitriles is 1. The Bertz CT molecular complexity index is 809. The van der Waals surface area contributed by atoms with Crippen LogP contribution < -0.4 is 0 Å². The van der Waals surface area contributed by atoms with Gasteiger partial charge >= 0.3 is 0 Å². The van der Waals surface area contributed by atoms with Gasteiger partial charge in [0, 0.05) is 11.8 Å². The normalized spacial score (nSPS) is 16.0. The van der Waals surface area contributed by atoms with Crippen molar-refractivity contribution in [2.75, 3.05) is 0 Å². The van der Waals surface area contributed by atoms with Crippen molar-refractivity contribution in [2.45, 2.75) is 6.04 Å². The van der Waals surface area contributed by atoms with Gasteiger partial charge in [-0.2, -0.15) is 5.26 Å². The maximum Gasteiger partial charge on any atom is 0.259 e. The number of amides is 1. The maximum atomic E-state index is 12.6. The van der Waals surface area contributed by atoms with Crippen molar-refractivity contribution in [3.63, 3.8) is 0 Å². The highest BCUT2D eigenvalue weighted by Crippen LogP contribution is 2.36. The SMILES string of the molecule is N#CC1c2cc(Cl)c(Cl)cc2C=CN1C(=O)c1ccccc1. The van der Waals surface area contributed by atoms with Crippen molar-refractivity contribution >= 4 is 35.2 Å². The largest absolute Gasteiger partial charge is 0.294 e. The van der Waals surface area contributed by atoms with E-state index in [9.17, 15) is 10.1 Å². The minimum atomic E-state index is -0.734. The molecule has 5 heteroatoms. The number of hydrogen-bond donors (Lipinski definition) is 0. The fraction of sp³-hybridized carbons (Fsp3) is 0.0588. The lowest BCUT2D eigenvalue weighted by Crippen LogP contribution is -2.31. The summed E-state index contributed by atoms with van der Waals surface area (Å²) in [6.07, 6.45) is 3.36. The molecule has 0 fully saturated rings. The summed E-state index contributed by atoms with van der Waals surface area (Å²) in [7, 11) is 0. The van der Waals surface area contributed by atoms with E-state index in [-0.39, 0.29) is 5.91 Å². The highest BCUT2D eigenvalue weighted by molar-refractivity contribution is 6.42. The molecule has 3 rings (SSSR count). The molecule has 0 bridgehead atoms. The molecule has 1 aliphatic heterocycles. The van der Waals surface area contributed by atoms with Crippen molar-refractivity contribution in [3.05, 3.63) is 75.4 Å². The summed E-state index contributed by atoms with van der Waals surface area (Å²) in [4.78, 5) is 14.0. The lowest BCUT2D eigenvalue weighted by Gasteiger charge is -2.29. The van der Waals surface area contributed by atoms with Crippen molar-refractivity contribution in [1.29, 1.82) is 5.26 Å². The molecule has 1 atom stereocenters. The molecule has 3 nitrogen and oxygen atoms in total. The second-order valence-corrected chi connectivity index (χ2v) is 5.64. The van der Waals surface area contributed by atoms with Crippen LogP contribution in [-0.2, 0) is 0 Å². The molecule has 0 N–H and O–H groups in total. The Morgan fingerprint density at radius 2 is 1.82 bits per heavy atom. The first-order valence-corrected chi connectivity index (χ1v) is 7.32. The van der Waals surface area contributed by atoms with Crippen molar-refractivity contribution in [2.24, 2.45) is 0 Å². The Balaban J connectivity index is 2.04. The Morgan fingerprint density at radius 3 is 2.50 bits per heavy atom. The Morgan fingerprint density at radius 1 is 1.14 bits per heavy atom. The molecular formula is C17H10Cl2N2O. The average molecular weight is 329 g/mol. The van der Waals surface area contributed by atoms with E-state index in [1.165, 1.54) is 4.90 Å². The minimum absolute atomic E-state index is 0.236. The van der Waals surface area contributed by atoms with E-state index in [0.29, 0.717) is 21.2 Å². The molecule has 1 aliphatic rings. The molecule has 1 amide bonds. The molecule has 1 heterocycles. The monoisotopic (exact) mass is 328 g/mol. The van der Waals surface area contributed by atoms with Crippen LogP contribution >= 0.6 is 23.2 Å². The summed E-state index contributed by atoms with van der Waals surface area (Å²) in [5.74, 6) is -0.236. The number of carbonyl (C=O) groups excluding carboxylic acids is 1. The molecule has 0 aliphatic carbocycles. The first-order chi connectivity index (χ1) is 10.6. The standard InChI is InChI=1S/C17H10Cl2N2O/c18-14-8-12-6-7-21(16(10-20)13(12)9-15(14)19)17(22)11-4-2-1-3-5-11/h1-9,16H. The van der Waals surface area contributed by atoms with Gasteiger partial charge in [0.25, 0.3) is 5.91 Å². The van der Waals surface area contributed by atoms with Gasteiger partial charge in [0.15, 0.2) is 0 Å². The summed E-state index contributed by atoms with van der Waals surface area (Å²) in [5.41, 5.74) is 1.98. The summed E-state index contributed by atoms with van der Waals surface area (Å²) in [6, 6.07) is 13.6. The van der Waals surface area contributed by atoms with Crippen molar-refractivity contribution in [1.82, 2.24) is 4.90 Å². The van der Waals surface area contributed by atoms with Crippen LogP contribution in [0.25, 0.3) is 6.08 Å². The number of rotatable bonds is 1. The van der Waals surface area contributed by atoms with Gasteiger partial charge in [-0.1, -0.05) is 41.4 Å². The van der Waals surface area contributed by atoms with Crippen molar-refractivity contribution in [3.8, 4) is 6.07 Å². The van der Waals surface area contributed by atoms with E-state index in [1.807, 2.05) is 6.07 Å². The van der Waals surface area contributed by atoms with Gasteiger partial charge in [0.2, 0.25) is 0 Å². The Kier molecular flexibility index (Phi) is 3.89. The van der Waals surface area contributed by atoms with Gasteiger partial charge < -0.3 is 0 Å². The third kappa shape index (κ3) is 2.48. The molecule has 0 spiro atoms. The highest BCUT2D eigenvalue weighted by Gasteiger charge is 2.29. The zero-order valence-corrected chi connectivity index (χ0v) is 12.8. The number of fused-ring (bicyclic) bond motifs is 1. The Labute approximate surface area is 138 Å². The predicted octanol–water partition coefficient (Wildman–Crippen LogP) is 4.68. The second kappa shape index (κ2) is 5.84. The van der Waals surface area contributed by atoms with E-state index < -0.39 is 6.04 Å². The van der Waals surface area contributed by atoms with Crippen LogP contribution in [0.15, 0.2) is 48.7 Å². The molecule has 108 valence electrons. The van der Waals surface area contributed by atoms with Crippen LogP contribution in [-0.4, -0.2) is 10.8 Å². The predicted molar refractivity (Wildman–Crippen MR) is 86.5 cm³/mol. The fourth-order valence-electron chi connectivity index (χ4n) is 2.40. The summed E-state index contributed by atoms with van der Waals surface area (Å²) >= 11 is 12.0. The second-order valence-electron chi connectivity index (χ2n) is 4.82. The van der Waals surface area contributed by atoms with E-state index in [2.05, 4.69) is 6.07 Å².